The molecule has 0 bridgehead atoms. The molecule has 2 aromatic carbocycles. The second-order valence-electron chi connectivity index (χ2n) is 7.11. The number of hydrogen-bond acceptors (Lipinski definition) is 4. The van der Waals surface area contributed by atoms with Crippen LogP contribution in [0.25, 0.3) is 0 Å². The first-order chi connectivity index (χ1) is 14.9. The summed E-state index contributed by atoms with van der Waals surface area (Å²) in [7, 11) is 1.56. The second kappa shape index (κ2) is 10.5. The first-order valence-electron chi connectivity index (χ1n) is 10.0. The molecule has 0 spiro atoms. The van der Waals surface area contributed by atoms with Crippen LogP contribution in [0, 0.1) is 0 Å². The lowest BCUT2D eigenvalue weighted by Gasteiger charge is -2.31. The van der Waals surface area contributed by atoms with Crippen LogP contribution < -0.4 is 25.4 Å². The molecule has 8 heteroatoms. The van der Waals surface area contributed by atoms with E-state index in [0.717, 1.165) is 12.0 Å². The van der Waals surface area contributed by atoms with Gasteiger partial charge in [0, 0.05) is 28.9 Å². The summed E-state index contributed by atoms with van der Waals surface area (Å²) < 4.78 is 11.5. The highest BCUT2D eigenvalue weighted by Crippen LogP contribution is 2.41. The molecule has 2 aromatic rings. The summed E-state index contributed by atoms with van der Waals surface area (Å²) in [5.74, 6) is 0.829. The van der Waals surface area contributed by atoms with Crippen molar-refractivity contribution in [2.24, 2.45) is 0 Å². The summed E-state index contributed by atoms with van der Waals surface area (Å²) in [6, 6.07) is 12.7. The molecule has 1 unspecified atom stereocenters. The molecule has 6 nitrogen and oxygen atoms in total. The number of amides is 1. The Hall–Kier alpha value is -2.77. The Kier molecular flexibility index (Phi) is 7.76. The third-order valence-corrected chi connectivity index (χ3v) is 5.28. The number of nitrogens with one attached hydrogen (secondary N) is 3. The maximum absolute atomic E-state index is 13.2. The number of hydrogen-bond donors (Lipinski definition) is 3. The fourth-order valence-electron chi connectivity index (χ4n) is 3.42. The first-order valence-corrected chi connectivity index (χ1v) is 10.8. The van der Waals surface area contributed by atoms with Gasteiger partial charge in [0.15, 0.2) is 16.6 Å². The fraction of sp³-hybridized carbons (Fsp3) is 0.304. The van der Waals surface area contributed by atoms with E-state index in [4.69, 9.17) is 33.3 Å². The molecule has 1 atom stereocenters. The van der Waals surface area contributed by atoms with Gasteiger partial charge in [0.25, 0.3) is 5.91 Å². The molecule has 0 aliphatic carbocycles. The number of ether oxygens (including phenoxy) is 2. The predicted molar refractivity (Wildman–Crippen MR) is 126 cm³/mol. The Morgan fingerprint density at radius 2 is 2.00 bits per heavy atom. The van der Waals surface area contributed by atoms with Crippen molar-refractivity contribution in [2.75, 3.05) is 13.7 Å². The normalized spacial score (nSPS) is 15.7. The quantitative estimate of drug-likeness (QED) is 0.513. The van der Waals surface area contributed by atoms with Gasteiger partial charge in [-0.25, -0.2) is 0 Å². The smallest absolute Gasteiger partial charge is 0.251 e. The minimum absolute atomic E-state index is 0.214. The third-order valence-electron chi connectivity index (χ3n) is 4.84. The van der Waals surface area contributed by atoms with Gasteiger partial charge in [-0.3, -0.25) is 4.79 Å². The standard InChI is InChI=1S/C23H26ClN3O3S/c1-4-10-30-21-17(11-16(24)12-18(21)29-3)20-19(14(2)26-23(31)27-20)22(28)25-13-15-8-6-5-7-9-15/h5-9,11-12,20H,4,10,13H2,1-3H3,(H,25,28)(H2,26,27,31). The summed E-state index contributed by atoms with van der Waals surface area (Å²) in [6.45, 7) is 4.75. The Morgan fingerprint density at radius 1 is 1.26 bits per heavy atom. The van der Waals surface area contributed by atoms with Gasteiger partial charge >= 0.3 is 0 Å². The zero-order valence-corrected chi connectivity index (χ0v) is 19.3. The average molecular weight is 460 g/mol. The van der Waals surface area contributed by atoms with E-state index >= 15 is 0 Å². The summed E-state index contributed by atoms with van der Waals surface area (Å²) >= 11 is 11.7. The number of benzene rings is 2. The van der Waals surface area contributed by atoms with Crippen LogP contribution in [-0.2, 0) is 11.3 Å². The van der Waals surface area contributed by atoms with Gasteiger partial charge in [0.2, 0.25) is 0 Å². The molecule has 3 rings (SSSR count). The topological polar surface area (TPSA) is 71.6 Å². The van der Waals surface area contributed by atoms with Crippen LogP contribution in [0.4, 0.5) is 0 Å². The van der Waals surface area contributed by atoms with E-state index in [2.05, 4.69) is 16.0 Å². The molecule has 1 heterocycles. The molecule has 0 aromatic heterocycles. The second-order valence-corrected chi connectivity index (χ2v) is 7.96. The van der Waals surface area contributed by atoms with Gasteiger partial charge < -0.3 is 25.4 Å². The van der Waals surface area contributed by atoms with Crippen LogP contribution in [0.1, 0.15) is 37.4 Å². The molecule has 0 saturated heterocycles. The zero-order valence-electron chi connectivity index (χ0n) is 17.8. The number of methoxy groups -OCH3 is 1. The number of carbonyl (C=O) groups is 1. The summed E-state index contributed by atoms with van der Waals surface area (Å²) in [6.07, 6.45) is 0.822. The lowest BCUT2D eigenvalue weighted by atomic mass is 9.93. The number of allylic oxidation sites excluding steroid dienone is 1. The highest BCUT2D eigenvalue weighted by atomic mass is 35.5. The molecule has 1 aliphatic heterocycles. The van der Waals surface area contributed by atoms with E-state index in [-0.39, 0.29) is 5.91 Å². The van der Waals surface area contributed by atoms with E-state index < -0.39 is 6.04 Å². The third kappa shape index (κ3) is 5.48. The lowest BCUT2D eigenvalue weighted by Crippen LogP contribution is -2.46. The zero-order chi connectivity index (χ0) is 22.4. The molecule has 3 N–H and O–H groups in total. The van der Waals surface area contributed by atoms with E-state index in [9.17, 15) is 4.79 Å². The van der Waals surface area contributed by atoms with E-state index in [1.54, 1.807) is 19.2 Å². The van der Waals surface area contributed by atoms with Crippen molar-refractivity contribution in [3.8, 4) is 11.5 Å². The minimum atomic E-state index is -0.552. The monoisotopic (exact) mass is 459 g/mol. The van der Waals surface area contributed by atoms with Crippen LogP contribution in [0.3, 0.4) is 0 Å². The van der Waals surface area contributed by atoms with Crippen LogP contribution in [-0.4, -0.2) is 24.7 Å². The SMILES string of the molecule is CCCOc1c(OC)cc(Cl)cc1C1NC(=S)NC(C)=C1C(=O)NCc1ccccc1. The highest BCUT2D eigenvalue weighted by Gasteiger charge is 2.33. The summed E-state index contributed by atoms with van der Waals surface area (Å²) in [5, 5.41) is 10.1. The largest absolute Gasteiger partial charge is 0.493 e. The Balaban J connectivity index is 1.99. The molecule has 164 valence electrons. The van der Waals surface area contributed by atoms with Gasteiger partial charge in [-0.05, 0) is 37.2 Å². The Labute approximate surface area is 193 Å². The molecule has 0 saturated carbocycles. The van der Waals surface area contributed by atoms with Gasteiger partial charge in [0.1, 0.15) is 0 Å². The number of carbonyl (C=O) groups excluding carboxylic acids is 1. The molecular weight excluding hydrogens is 434 g/mol. The van der Waals surface area contributed by atoms with Gasteiger partial charge in [0.05, 0.1) is 25.3 Å². The first kappa shape index (κ1) is 22.9. The van der Waals surface area contributed by atoms with Crippen molar-refractivity contribution < 1.29 is 14.3 Å². The maximum atomic E-state index is 13.2. The van der Waals surface area contributed by atoms with Crippen molar-refractivity contribution in [3.05, 3.63) is 69.9 Å². The Bertz CT molecular complexity index is 995. The van der Waals surface area contributed by atoms with Crippen molar-refractivity contribution >= 4 is 34.8 Å². The van der Waals surface area contributed by atoms with Crippen molar-refractivity contribution in [2.45, 2.75) is 32.9 Å². The predicted octanol–water partition coefficient (Wildman–Crippen LogP) is 4.25. The molecule has 1 amide bonds. The Morgan fingerprint density at radius 3 is 2.68 bits per heavy atom. The minimum Gasteiger partial charge on any atom is -0.493 e. The highest BCUT2D eigenvalue weighted by molar-refractivity contribution is 7.80. The molecule has 1 aliphatic rings. The van der Waals surface area contributed by atoms with E-state index in [1.807, 2.05) is 44.2 Å². The van der Waals surface area contributed by atoms with Gasteiger partial charge in [-0.15, -0.1) is 0 Å². The van der Waals surface area contributed by atoms with Crippen LogP contribution in [0.15, 0.2) is 53.7 Å². The van der Waals surface area contributed by atoms with Crippen molar-refractivity contribution in [1.29, 1.82) is 0 Å². The molecule has 31 heavy (non-hydrogen) atoms. The van der Waals surface area contributed by atoms with Crippen LogP contribution in [0.2, 0.25) is 5.02 Å². The van der Waals surface area contributed by atoms with Gasteiger partial charge in [-0.2, -0.15) is 0 Å². The van der Waals surface area contributed by atoms with Crippen molar-refractivity contribution in [1.82, 2.24) is 16.0 Å². The fourth-order valence-corrected chi connectivity index (χ4v) is 3.90. The number of thiocarbonyl (C=S) groups is 1. The maximum Gasteiger partial charge on any atom is 0.251 e. The van der Waals surface area contributed by atoms with Crippen LogP contribution in [0.5, 0.6) is 11.5 Å². The lowest BCUT2D eigenvalue weighted by molar-refractivity contribution is -0.118. The number of halogens is 1. The molecule has 0 fully saturated rings. The van der Waals surface area contributed by atoms with E-state index in [0.29, 0.717) is 51.6 Å². The summed E-state index contributed by atoms with van der Waals surface area (Å²) in [4.78, 5) is 13.2. The molecule has 0 radical (unpaired) electrons. The summed E-state index contributed by atoms with van der Waals surface area (Å²) in [5.41, 5.74) is 2.87. The number of rotatable bonds is 8. The van der Waals surface area contributed by atoms with Gasteiger partial charge in [-0.1, -0.05) is 48.9 Å². The van der Waals surface area contributed by atoms with Crippen molar-refractivity contribution in [3.63, 3.8) is 0 Å². The molecular formula is C23H26ClN3O3S. The van der Waals surface area contributed by atoms with E-state index in [1.165, 1.54) is 0 Å². The average Bonchev–Trinajstić information content (AvgIpc) is 2.76. The van der Waals surface area contributed by atoms with Crippen LogP contribution >= 0.6 is 23.8 Å².